The van der Waals surface area contributed by atoms with Crippen LogP contribution >= 0.6 is 0 Å². The molecule has 0 radical (unpaired) electrons. The van der Waals surface area contributed by atoms with Crippen LogP contribution in [0, 0.1) is 13.8 Å². The second kappa shape index (κ2) is 6.59. The first kappa shape index (κ1) is 15.3. The van der Waals surface area contributed by atoms with E-state index in [-0.39, 0.29) is 6.04 Å². The lowest BCUT2D eigenvalue weighted by atomic mass is 10.1. The van der Waals surface area contributed by atoms with Gasteiger partial charge in [-0.2, -0.15) is 0 Å². The predicted octanol–water partition coefficient (Wildman–Crippen LogP) is 3.31. The summed E-state index contributed by atoms with van der Waals surface area (Å²) in [5, 5.41) is 0. The number of rotatable bonds is 5. The topological polar surface area (TPSA) is 57.4 Å². The normalized spacial score (nSPS) is 12.0. The number of hydrogen-bond acceptors (Lipinski definition) is 4. The average molecular weight is 286 g/mol. The number of methoxy groups -OCH3 is 1. The molecule has 112 valence electrons. The summed E-state index contributed by atoms with van der Waals surface area (Å²) < 4.78 is 11.1. The van der Waals surface area contributed by atoms with E-state index in [1.807, 2.05) is 45.0 Å². The molecule has 1 heterocycles. The molecule has 1 atom stereocenters. The van der Waals surface area contributed by atoms with E-state index in [0.29, 0.717) is 6.61 Å². The lowest BCUT2D eigenvalue weighted by Gasteiger charge is -2.13. The van der Waals surface area contributed by atoms with E-state index >= 15 is 0 Å². The lowest BCUT2D eigenvalue weighted by Crippen LogP contribution is -2.06. The van der Waals surface area contributed by atoms with Gasteiger partial charge in [0.25, 0.3) is 0 Å². The van der Waals surface area contributed by atoms with Crippen LogP contribution in [0.15, 0.2) is 30.3 Å². The number of aromatic nitrogens is 1. The first-order valence-corrected chi connectivity index (χ1v) is 7.00. The molecule has 0 aliphatic carbocycles. The molecule has 0 aliphatic heterocycles. The molecule has 1 unspecified atom stereocenters. The summed E-state index contributed by atoms with van der Waals surface area (Å²) in [6, 6.07) is 9.83. The zero-order valence-corrected chi connectivity index (χ0v) is 13.0. The van der Waals surface area contributed by atoms with Crippen molar-refractivity contribution in [1.82, 2.24) is 4.98 Å². The van der Waals surface area contributed by atoms with Gasteiger partial charge in [-0.1, -0.05) is 12.1 Å². The Labute approximate surface area is 125 Å². The lowest BCUT2D eigenvalue weighted by molar-refractivity contribution is 0.297. The number of nitrogens with zero attached hydrogens (tertiary/aromatic N) is 1. The highest BCUT2D eigenvalue weighted by Gasteiger charge is 2.06. The second-order valence-electron chi connectivity index (χ2n) is 5.24. The van der Waals surface area contributed by atoms with E-state index in [2.05, 4.69) is 11.1 Å². The Hall–Kier alpha value is -2.07. The number of nitrogens with two attached hydrogens (primary N) is 1. The molecule has 2 N–H and O–H groups in total. The number of hydrogen-bond donors (Lipinski definition) is 1. The molecule has 0 saturated carbocycles. The monoisotopic (exact) mass is 286 g/mol. The van der Waals surface area contributed by atoms with Gasteiger partial charge < -0.3 is 15.2 Å². The third-order valence-electron chi connectivity index (χ3n) is 3.32. The summed E-state index contributed by atoms with van der Waals surface area (Å²) in [7, 11) is 1.65. The van der Waals surface area contributed by atoms with Gasteiger partial charge in [-0.3, -0.25) is 4.98 Å². The molecule has 2 aromatic rings. The van der Waals surface area contributed by atoms with Gasteiger partial charge in [-0.05, 0) is 38.0 Å². The highest BCUT2D eigenvalue weighted by atomic mass is 16.5. The Morgan fingerprint density at radius 2 is 1.95 bits per heavy atom. The summed E-state index contributed by atoms with van der Waals surface area (Å²) in [5.74, 6) is 1.65. The molecule has 0 fully saturated rings. The van der Waals surface area contributed by atoms with E-state index in [1.165, 1.54) is 0 Å². The standard InChI is InChI=1S/C17H22N2O2/c1-11-7-14(13(3)18)5-6-17(11)21-10-15-9-16(20-4)8-12(2)19-15/h5-9,13H,10,18H2,1-4H3. The minimum absolute atomic E-state index is 0.0282. The molecule has 0 saturated heterocycles. The van der Waals surface area contributed by atoms with Crippen LogP contribution in [0.3, 0.4) is 0 Å². The molecular weight excluding hydrogens is 264 g/mol. The SMILES string of the molecule is COc1cc(C)nc(COc2ccc(C(C)N)cc2C)c1. The van der Waals surface area contributed by atoms with Crippen LogP contribution in [-0.4, -0.2) is 12.1 Å². The Morgan fingerprint density at radius 1 is 1.19 bits per heavy atom. The van der Waals surface area contributed by atoms with Gasteiger partial charge in [0.1, 0.15) is 18.1 Å². The first-order valence-electron chi connectivity index (χ1n) is 7.00. The molecule has 0 spiro atoms. The fraction of sp³-hybridized carbons (Fsp3) is 0.353. The molecule has 0 aliphatic rings. The van der Waals surface area contributed by atoms with Crippen molar-refractivity contribution in [3.8, 4) is 11.5 Å². The van der Waals surface area contributed by atoms with Crippen LogP contribution < -0.4 is 15.2 Å². The smallest absolute Gasteiger partial charge is 0.130 e. The van der Waals surface area contributed by atoms with E-state index in [4.69, 9.17) is 15.2 Å². The van der Waals surface area contributed by atoms with Crippen LogP contribution in [0.25, 0.3) is 0 Å². The first-order chi connectivity index (χ1) is 9.99. The minimum Gasteiger partial charge on any atom is -0.497 e. The van der Waals surface area contributed by atoms with E-state index in [0.717, 1.165) is 34.0 Å². The molecule has 1 aromatic carbocycles. The number of pyridine rings is 1. The van der Waals surface area contributed by atoms with Crippen molar-refractivity contribution in [1.29, 1.82) is 0 Å². The number of ether oxygens (including phenoxy) is 2. The van der Waals surface area contributed by atoms with Crippen LogP contribution in [0.5, 0.6) is 11.5 Å². The molecule has 0 amide bonds. The zero-order valence-electron chi connectivity index (χ0n) is 13.0. The van der Waals surface area contributed by atoms with Gasteiger partial charge in [-0.25, -0.2) is 0 Å². The average Bonchev–Trinajstić information content (AvgIpc) is 2.45. The second-order valence-corrected chi connectivity index (χ2v) is 5.24. The highest BCUT2D eigenvalue weighted by molar-refractivity contribution is 5.37. The summed E-state index contributed by atoms with van der Waals surface area (Å²) in [6.07, 6.45) is 0. The van der Waals surface area contributed by atoms with Gasteiger partial charge in [0.2, 0.25) is 0 Å². The maximum atomic E-state index is 5.88. The maximum Gasteiger partial charge on any atom is 0.130 e. The van der Waals surface area contributed by atoms with Gasteiger partial charge >= 0.3 is 0 Å². The Bertz CT molecular complexity index is 624. The van der Waals surface area contributed by atoms with E-state index < -0.39 is 0 Å². The van der Waals surface area contributed by atoms with E-state index in [9.17, 15) is 0 Å². The van der Waals surface area contributed by atoms with Gasteiger partial charge in [0.15, 0.2) is 0 Å². The van der Waals surface area contributed by atoms with Crippen molar-refractivity contribution in [2.24, 2.45) is 5.73 Å². The quantitative estimate of drug-likeness (QED) is 0.916. The number of benzene rings is 1. The van der Waals surface area contributed by atoms with Gasteiger partial charge in [-0.15, -0.1) is 0 Å². The Kier molecular flexibility index (Phi) is 4.81. The molecule has 2 rings (SSSR count). The third kappa shape index (κ3) is 3.95. The molecular formula is C17H22N2O2. The van der Waals surface area contributed by atoms with Crippen LogP contribution in [0.1, 0.15) is 35.5 Å². The van der Waals surface area contributed by atoms with Crippen LogP contribution in [0.2, 0.25) is 0 Å². The summed E-state index contributed by atoms with van der Waals surface area (Å²) in [6.45, 7) is 6.34. The van der Waals surface area contributed by atoms with Crippen molar-refractivity contribution in [2.75, 3.05) is 7.11 Å². The summed E-state index contributed by atoms with van der Waals surface area (Å²) >= 11 is 0. The maximum absolute atomic E-state index is 5.88. The van der Waals surface area contributed by atoms with Crippen molar-refractivity contribution in [3.63, 3.8) is 0 Å². The summed E-state index contributed by atoms with van der Waals surface area (Å²) in [4.78, 5) is 4.45. The minimum atomic E-state index is 0.0282. The fourth-order valence-electron chi connectivity index (χ4n) is 2.16. The highest BCUT2D eigenvalue weighted by Crippen LogP contribution is 2.23. The van der Waals surface area contributed by atoms with Crippen molar-refractivity contribution in [2.45, 2.75) is 33.4 Å². The van der Waals surface area contributed by atoms with Crippen LogP contribution in [-0.2, 0) is 6.61 Å². The van der Waals surface area contributed by atoms with Crippen molar-refractivity contribution < 1.29 is 9.47 Å². The predicted molar refractivity (Wildman–Crippen MR) is 83.6 cm³/mol. The zero-order chi connectivity index (χ0) is 15.4. The molecule has 1 aromatic heterocycles. The molecule has 21 heavy (non-hydrogen) atoms. The summed E-state index contributed by atoms with van der Waals surface area (Å²) in [5.41, 5.74) is 9.83. The van der Waals surface area contributed by atoms with Gasteiger partial charge in [0.05, 0.1) is 12.8 Å². The molecule has 0 bridgehead atoms. The van der Waals surface area contributed by atoms with E-state index in [1.54, 1.807) is 7.11 Å². The third-order valence-corrected chi connectivity index (χ3v) is 3.32. The Morgan fingerprint density at radius 3 is 2.57 bits per heavy atom. The fourth-order valence-corrected chi connectivity index (χ4v) is 2.16. The molecule has 4 nitrogen and oxygen atoms in total. The largest absolute Gasteiger partial charge is 0.497 e. The van der Waals surface area contributed by atoms with Crippen LogP contribution in [0.4, 0.5) is 0 Å². The van der Waals surface area contributed by atoms with Gasteiger partial charge in [0, 0.05) is 23.9 Å². The van der Waals surface area contributed by atoms with Crippen molar-refractivity contribution in [3.05, 3.63) is 52.8 Å². The Balaban J connectivity index is 2.11. The molecule has 4 heteroatoms. The van der Waals surface area contributed by atoms with Crippen molar-refractivity contribution >= 4 is 0 Å². The number of aryl methyl sites for hydroxylation is 2.